The Kier molecular flexibility index (Phi) is 5.27. The molecule has 0 spiro atoms. The summed E-state index contributed by atoms with van der Waals surface area (Å²) in [5.74, 6) is 0.536. The van der Waals surface area contributed by atoms with E-state index in [2.05, 4.69) is 37.3 Å². The molecule has 0 aliphatic carbocycles. The van der Waals surface area contributed by atoms with E-state index in [1.54, 1.807) is 11.3 Å². The van der Waals surface area contributed by atoms with E-state index in [1.807, 2.05) is 48.1 Å². The minimum atomic E-state index is -0.195. The van der Waals surface area contributed by atoms with Gasteiger partial charge in [-0.25, -0.2) is 9.97 Å². The van der Waals surface area contributed by atoms with Crippen LogP contribution in [0.15, 0.2) is 58.1 Å². The molecule has 1 saturated heterocycles. The monoisotopic (exact) mass is 472 g/mol. The highest BCUT2D eigenvalue weighted by Gasteiger charge is 2.21. The largest absolute Gasteiger partial charge is 0.378 e. The Morgan fingerprint density at radius 2 is 1.97 bits per heavy atom. The molecular formula is C25H24N6O2S. The lowest BCUT2D eigenvalue weighted by molar-refractivity contribution is 0.122. The molecule has 172 valence electrons. The second-order valence-corrected chi connectivity index (χ2v) is 9.13. The van der Waals surface area contributed by atoms with Gasteiger partial charge in [0.2, 0.25) is 0 Å². The van der Waals surface area contributed by atoms with Crippen molar-refractivity contribution in [2.45, 2.75) is 13.0 Å². The van der Waals surface area contributed by atoms with Gasteiger partial charge in [0.1, 0.15) is 11.4 Å². The lowest BCUT2D eigenvalue weighted by Gasteiger charge is -2.28. The molecule has 4 heterocycles. The molecule has 1 aliphatic heterocycles. The van der Waals surface area contributed by atoms with E-state index in [4.69, 9.17) is 9.72 Å². The maximum absolute atomic E-state index is 13.3. The molecule has 3 aromatic heterocycles. The number of pyridine rings is 1. The zero-order chi connectivity index (χ0) is 23.1. The summed E-state index contributed by atoms with van der Waals surface area (Å²) >= 11 is 1.55. The van der Waals surface area contributed by atoms with Crippen LogP contribution in [0.3, 0.4) is 0 Å². The number of morpholine rings is 1. The SMILES string of the molecule is C[C@@H](Nc1c(-c2nc3ccc(N4CCOCC4)cc3[nH]2)c(=O)[nH]c2ccccc12)c1cscn1. The highest BCUT2D eigenvalue weighted by molar-refractivity contribution is 7.07. The molecular weight excluding hydrogens is 448 g/mol. The molecule has 8 nitrogen and oxygen atoms in total. The number of nitrogens with one attached hydrogen (secondary N) is 3. The quantitative estimate of drug-likeness (QED) is 0.347. The van der Waals surface area contributed by atoms with E-state index in [0.717, 1.165) is 65.3 Å². The lowest BCUT2D eigenvalue weighted by atomic mass is 10.1. The van der Waals surface area contributed by atoms with Gasteiger partial charge < -0.3 is 24.9 Å². The molecule has 0 amide bonds. The van der Waals surface area contributed by atoms with Crippen molar-refractivity contribution in [3.8, 4) is 11.4 Å². The maximum Gasteiger partial charge on any atom is 0.261 e. The first-order valence-electron chi connectivity index (χ1n) is 11.3. The van der Waals surface area contributed by atoms with E-state index in [-0.39, 0.29) is 11.6 Å². The van der Waals surface area contributed by atoms with Gasteiger partial charge in [-0.3, -0.25) is 4.79 Å². The number of hydrogen-bond acceptors (Lipinski definition) is 7. The molecule has 9 heteroatoms. The number of benzene rings is 2. The Bertz CT molecular complexity index is 1520. The Balaban J connectivity index is 1.48. The summed E-state index contributed by atoms with van der Waals surface area (Å²) < 4.78 is 5.48. The molecule has 1 aliphatic rings. The van der Waals surface area contributed by atoms with Crippen LogP contribution in [0.25, 0.3) is 33.3 Å². The van der Waals surface area contributed by atoms with E-state index >= 15 is 0 Å². The summed E-state index contributed by atoms with van der Waals surface area (Å²) in [5, 5.41) is 6.48. The van der Waals surface area contributed by atoms with Crippen LogP contribution < -0.4 is 15.8 Å². The number of fused-ring (bicyclic) bond motifs is 2. The predicted octanol–water partition coefficient (Wildman–Crippen LogP) is 4.54. The fourth-order valence-electron chi connectivity index (χ4n) is 4.48. The second kappa shape index (κ2) is 8.58. The molecule has 0 unspecified atom stereocenters. The number of para-hydroxylation sites is 1. The maximum atomic E-state index is 13.3. The summed E-state index contributed by atoms with van der Waals surface area (Å²) in [5.41, 5.74) is 7.39. The van der Waals surface area contributed by atoms with Crippen molar-refractivity contribution < 1.29 is 4.74 Å². The highest BCUT2D eigenvalue weighted by Crippen LogP contribution is 2.34. The zero-order valence-electron chi connectivity index (χ0n) is 18.7. The Labute approximate surface area is 199 Å². The van der Waals surface area contributed by atoms with Gasteiger partial charge in [0, 0.05) is 29.5 Å². The van der Waals surface area contributed by atoms with Crippen molar-refractivity contribution in [2.75, 3.05) is 36.5 Å². The minimum Gasteiger partial charge on any atom is -0.378 e. The van der Waals surface area contributed by atoms with Gasteiger partial charge in [-0.15, -0.1) is 11.3 Å². The number of aromatic amines is 2. The van der Waals surface area contributed by atoms with Crippen LogP contribution in [0.1, 0.15) is 18.7 Å². The van der Waals surface area contributed by atoms with Crippen molar-refractivity contribution in [3.63, 3.8) is 0 Å². The van der Waals surface area contributed by atoms with Gasteiger partial charge in [0.15, 0.2) is 0 Å². The first kappa shape index (κ1) is 20.9. The number of hydrogen-bond donors (Lipinski definition) is 3. The number of H-pyrrole nitrogens is 2. The summed E-state index contributed by atoms with van der Waals surface area (Å²) in [7, 11) is 0. The van der Waals surface area contributed by atoms with Crippen molar-refractivity contribution >= 4 is 44.6 Å². The van der Waals surface area contributed by atoms with Gasteiger partial charge in [-0.2, -0.15) is 0 Å². The Morgan fingerprint density at radius 1 is 1.12 bits per heavy atom. The number of rotatable bonds is 5. The van der Waals surface area contributed by atoms with Crippen LogP contribution in [0.5, 0.6) is 0 Å². The van der Waals surface area contributed by atoms with Gasteiger partial charge >= 0.3 is 0 Å². The third-order valence-electron chi connectivity index (χ3n) is 6.26. The average Bonchev–Trinajstić information content (AvgIpc) is 3.54. The van der Waals surface area contributed by atoms with Crippen LogP contribution in [0.4, 0.5) is 11.4 Å². The Hall–Kier alpha value is -3.69. The highest BCUT2D eigenvalue weighted by atomic mass is 32.1. The van der Waals surface area contributed by atoms with Crippen LogP contribution in [-0.4, -0.2) is 46.2 Å². The average molecular weight is 473 g/mol. The number of imidazole rings is 1. The van der Waals surface area contributed by atoms with Crippen molar-refractivity contribution in [2.24, 2.45) is 0 Å². The normalized spacial score (nSPS) is 15.1. The smallest absolute Gasteiger partial charge is 0.261 e. The van der Waals surface area contributed by atoms with E-state index in [9.17, 15) is 4.79 Å². The lowest BCUT2D eigenvalue weighted by Crippen LogP contribution is -2.36. The first-order chi connectivity index (χ1) is 16.7. The second-order valence-electron chi connectivity index (χ2n) is 8.42. The third-order valence-corrected chi connectivity index (χ3v) is 6.86. The molecule has 2 aromatic carbocycles. The molecule has 1 atom stereocenters. The summed E-state index contributed by atoms with van der Waals surface area (Å²) in [6, 6.07) is 13.9. The van der Waals surface area contributed by atoms with Gasteiger partial charge in [-0.05, 0) is 31.2 Å². The van der Waals surface area contributed by atoms with Crippen LogP contribution in [0.2, 0.25) is 0 Å². The van der Waals surface area contributed by atoms with Crippen molar-refractivity contribution in [1.29, 1.82) is 0 Å². The van der Waals surface area contributed by atoms with Gasteiger partial charge in [-0.1, -0.05) is 18.2 Å². The van der Waals surface area contributed by atoms with Crippen molar-refractivity contribution in [1.82, 2.24) is 19.9 Å². The third kappa shape index (κ3) is 3.72. The summed E-state index contributed by atoms with van der Waals surface area (Å²) in [4.78, 5) is 31.3. The number of thiazole rings is 1. The van der Waals surface area contributed by atoms with E-state index in [0.29, 0.717) is 11.4 Å². The molecule has 0 radical (unpaired) electrons. The fourth-order valence-corrected chi connectivity index (χ4v) is 5.13. The molecule has 6 rings (SSSR count). The predicted molar refractivity (Wildman–Crippen MR) is 137 cm³/mol. The standard InChI is InChI=1S/C25H24N6O2S/c1-15(21-13-34-14-26-21)27-23-17-4-2-3-5-18(17)30-25(32)22(23)24-28-19-7-6-16(12-20(19)29-24)31-8-10-33-11-9-31/h2-7,12-15H,8-11H2,1H3,(H,28,29)(H2,27,30,32)/t15-/m1/s1. The van der Waals surface area contributed by atoms with Gasteiger partial charge in [0.05, 0.1) is 52.7 Å². The molecule has 1 fully saturated rings. The first-order valence-corrected chi connectivity index (χ1v) is 12.2. The Morgan fingerprint density at radius 3 is 2.79 bits per heavy atom. The molecule has 0 bridgehead atoms. The van der Waals surface area contributed by atoms with E-state index in [1.165, 1.54) is 0 Å². The van der Waals surface area contributed by atoms with Crippen LogP contribution in [-0.2, 0) is 4.74 Å². The van der Waals surface area contributed by atoms with E-state index < -0.39 is 0 Å². The van der Waals surface area contributed by atoms with Crippen LogP contribution in [0, 0.1) is 0 Å². The minimum absolute atomic E-state index is 0.0764. The topological polar surface area (TPSA) is 98.9 Å². The number of ether oxygens (including phenoxy) is 1. The summed E-state index contributed by atoms with van der Waals surface area (Å²) in [6.07, 6.45) is 0. The number of anilines is 2. The van der Waals surface area contributed by atoms with Gasteiger partial charge in [0.25, 0.3) is 5.56 Å². The number of nitrogens with zero attached hydrogens (tertiary/aromatic N) is 3. The van der Waals surface area contributed by atoms with Crippen molar-refractivity contribution in [3.05, 3.63) is 69.4 Å². The number of aromatic nitrogens is 4. The summed E-state index contributed by atoms with van der Waals surface area (Å²) in [6.45, 7) is 5.22. The molecule has 0 saturated carbocycles. The molecule has 5 aromatic rings. The van der Waals surface area contributed by atoms with Crippen LogP contribution >= 0.6 is 11.3 Å². The fraction of sp³-hybridized carbons (Fsp3) is 0.240. The molecule has 3 N–H and O–H groups in total. The molecule has 34 heavy (non-hydrogen) atoms. The zero-order valence-corrected chi connectivity index (χ0v) is 19.5.